The van der Waals surface area contributed by atoms with Crippen LogP contribution in [0.5, 0.6) is 11.5 Å². The fraction of sp³-hybridized carbons (Fsp3) is 0.192. The second-order valence-electron chi connectivity index (χ2n) is 7.49. The van der Waals surface area contributed by atoms with Crippen LogP contribution in [0.25, 0.3) is 12.2 Å². The molecule has 174 valence electrons. The Morgan fingerprint density at radius 2 is 1.85 bits per heavy atom. The van der Waals surface area contributed by atoms with Gasteiger partial charge in [-0.3, -0.25) is 9.36 Å². The summed E-state index contributed by atoms with van der Waals surface area (Å²) in [7, 11) is 4.46. The molecule has 0 radical (unpaired) electrons. The molecule has 0 amide bonds. The molecule has 0 saturated carbocycles. The Bertz CT molecular complexity index is 1470. The summed E-state index contributed by atoms with van der Waals surface area (Å²) in [5, 5.41) is 0. The highest BCUT2D eigenvalue weighted by Gasteiger charge is 2.30. The van der Waals surface area contributed by atoms with Crippen LogP contribution >= 0.6 is 11.3 Å². The van der Waals surface area contributed by atoms with E-state index in [4.69, 9.17) is 14.2 Å². The van der Waals surface area contributed by atoms with E-state index in [1.165, 1.54) is 23.0 Å². The first-order chi connectivity index (χ1) is 16.5. The minimum atomic E-state index is -0.649. The highest BCUT2D eigenvalue weighted by Crippen LogP contribution is 2.27. The fourth-order valence-corrected chi connectivity index (χ4v) is 4.81. The first-order valence-corrected chi connectivity index (χ1v) is 11.3. The third kappa shape index (κ3) is 4.45. The van der Waals surface area contributed by atoms with Crippen molar-refractivity contribution < 1.29 is 19.0 Å². The van der Waals surface area contributed by atoms with Crippen LogP contribution in [-0.4, -0.2) is 31.9 Å². The maximum absolute atomic E-state index is 13.5. The summed E-state index contributed by atoms with van der Waals surface area (Å²) >= 11 is 1.26. The standard InChI is InChI=1S/C26H24N2O5S/c1-16-23(25(30)33-4)20(13-10-17-8-6-5-7-9-17)28-24(29)22(34-26(28)27-16)14-18-11-12-19(31-2)15-21(18)32-3/h5-15,20H,1-4H3/b13-10+,22-14-/t20-/m0/s1. The van der Waals surface area contributed by atoms with Gasteiger partial charge in [-0.05, 0) is 30.7 Å². The number of aromatic nitrogens is 1. The molecule has 0 N–H and O–H groups in total. The maximum atomic E-state index is 13.5. The molecule has 1 aromatic heterocycles. The number of carbonyl (C=O) groups excluding carboxylic acids is 1. The topological polar surface area (TPSA) is 79.1 Å². The normalized spacial score (nSPS) is 15.8. The summed E-state index contributed by atoms with van der Waals surface area (Å²) in [6, 6.07) is 14.4. The Kier molecular flexibility index (Phi) is 6.79. The van der Waals surface area contributed by atoms with Gasteiger partial charge < -0.3 is 14.2 Å². The van der Waals surface area contributed by atoms with Crippen molar-refractivity contribution in [3.05, 3.63) is 96.7 Å². The molecule has 0 aliphatic carbocycles. The zero-order chi connectivity index (χ0) is 24.2. The third-order valence-electron chi connectivity index (χ3n) is 5.47. The highest BCUT2D eigenvalue weighted by molar-refractivity contribution is 7.07. The van der Waals surface area contributed by atoms with E-state index < -0.39 is 12.0 Å². The van der Waals surface area contributed by atoms with Gasteiger partial charge in [-0.15, -0.1) is 0 Å². The zero-order valence-electron chi connectivity index (χ0n) is 19.3. The molecule has 1 aliphatic heterocycles. The Balaban J connectivity index is 1.88. The van der Waals surface area contributed by atoms with Crippen molar-refractivity contribution in [3.8, 4) is 11.5 Å². The van der Waals surface area contributed by atoms with Crippen molar-refractivity contribution in [2.45, 2.75) is 13.0 Å². The monoisotopic (exact) mass is 476 g/mol. The number of methoxy groups -OCH3 is 3. The lowest BCUT2D eigenvalue weighted by atomic mass is 10.0. The minimum Gasteiger partial charge on any atom is -0.497 e. The largest absolute Gasteiger partial charge is 0.497 e. The van der Waals surface area contributed by atoms with Gasteiger partial charge in [-0.2, -0.15) is 0 Å². The van der Waals surface area contributed by atoms with Crippen molar-refractivity contribution in [1.82, 2.24) is 4.57 Å². The van der Waals surface area contributed by atoms with E-state index in [9.17, 15) is 9.59 Å². The Labute approximate surface area is 200 Å². The molecular formula is C26H24N2O5S. The molecule has 0 spiro atoms. The summed E-state index contributed by atoms with van der Waals surface area (Å²) in [5.41, 5.74) is 2.28. The van der Waals surface area contributed by atoms with E-state index >= 15 is 0 Å². The van der Waals surface area contributed by atoms with E-state index in [1.807, 2.05) is 48.6 Å². The molecule has 1 aliphatic rings. The van der Waals surface area contributed by atoms with E-state index in [-0.39, 0.29) is 5.56 Å². The van der Waals surface area contributed by atoms with Crippen LogP contribution in [0.4, 0.5) is 0 Å². The van der Waals surface area contributed by atoms with Crippen LogP contribution in [0.2, 0.25) is 0 Å². The second kappa shape index (κ2) is 9.93. The zero-order valence-corrected chi connectivity index (χ0v) is 20.1. The Morgan fingerprint density at radius 1 is 1.09 bits per heavy atom. The second-order valence-corrected chi connectivity index (χ2v) is 8.50. The SMILES string of the molecule is COC(=O)C1=C(C)N=c2s/c(=C\c3ccc(OC)cc3OC)c(=O)n2[C@H]1/C=C/c1ccccc1. The number of nitrogens with zero attached hydrogens (tertiary/aromatic N) is 2. The van der Waals surface area contributed by atoms with E-state index in [1.54, 1.807) is 39.4 Å². The maximum Gasteiger partial charge on any atom is 0.338 e. The minimum absolute atomic E-state index is 0.252. The Hall–Kier alpha value is -3.91. The number of carbonyl (C=O) groups is 1. The number of hydrogen-bond acceptors (Lipinski definition) is 7. The summed E-state index contributed by atoms with van der Waals surface area (Å²) in [4.78, 5) is 31.2. The van der Waals surface area contributed by atoms with Gasteiger partial charge in [0.25, 0.3) is 5.56 Å². The number of hydrogen-bond donors (Lipinski definition) is 0. The smallest absolute Gasteiger partial charge is 0.338 e. The predicted octanol–water partition coefficient (Wildman–Crippen LogP) is 3.09. The first kappa shape index (κ1) is 23.3. The number of ether oxygens (including phenoxy) is 3. The van der Waals surface area contributed by atoms with Crippen LogP contribution in [0, 0.1) is 0 Å². The molecule has 1 atom stereocenters. The van der Waals surface area contributed by atoms with Gasteiger partial charge >= 0.3 is 5.97 Å². The van der Waals surface area contributed by atoms with Gasteiger partial charge in [0, 0.05) is 11.6 Å². The number of fused-ring (bicyclic) bond motifs is 1. The van der Waals surface area contributed by atoms with E-state index in [0.29, 0.717) is 32.1 Å². The first-order valence-electron chi connectivity index (χ1n) is 10.5. The van der Waals surface area contributed by atoms with Crippen molar-refractivity contribution in [2.24, 2.45) is 4.99 Å². The van der Waals surface area contributed by atoms with Crippen LogP contribution in [0.1, 0.15) is 24.1 Å². The fourth-order valence-electron chi connectivity index (χ4n) is 3.76. The number of rotatable bonds is 6. The van der Waals surface area contributed by atoms with Crippen LogP contribution < -0.4 is 24.4 Å². The number of thiazole rings is 1. The van der Waals surface area contributed by atoms with Gasteiger partial charge in [0.1, 0.15) is 11.5 Å². The number of esters is 1. The lowest BCUT2D eigenvalue weighted by molar-refractivity contribution is -0.136. The van der Waals surface area contributed by atoms with Crippen molar-refractivity contribution in [3.63, 3.8) is 0 Å². The molecule has 34 heavy (non-hydrogen) atoms. The van der Waals surface area contributed by atoms with Gasteiger partial charge in [0.15, 0.2) is 4.80 Å². The van der Waals surface area contributed by atoms with Gasteiger partial charge in [-0.25, -0.2) is 9.79 Å². The summed E-state index contributed by atoms with van der Waals surface area (Å²) in [5.74, 6) is 0.715. The molecular weight excluding hydrogens is 452 g/mol. The van der Waals surface area contributed by atoms with E-state index in [2.05, 4.69) is 4.99 Å². The van der Waals surface area contributed by atoms with E-state index in [0.717, 1.165) is 11.1 Å². The molecule has 2 heterocycles. The van der Waals surface area contributed by atoms with Crippen molar-refractivity contribution in [1.29, 1.82) is 0 Å². The molecule has 0 saturated heterocycles. The lowest BCUT2D eigenvalue weighted by Crippen LogP contribution is -2.38. The summed E-state index contributed by atoms with van der Waals surface area (Å²) < 4.78 is 17.7. The van der Waals surface area contributed by atoms with Gasteiger partial charge in [0.2, 0.25) is 0 Å². The van der Waals surface area contributed by atoms with Crippen LogP contribution in [0.15, 0.2) is 75.7 Å². The molecule has 3 aromatic rings. The highest BCUT2D eigenvalue weighted by atomic mass is 32.1. The molecule has 0 bridgehead atoms. The molecule has 2 aromatic carbocycles. The quantitative estimate of drug-likeness (QED) is 0.511. The third-order valence-corrected chi connectivity index (χ3v) is 6.45. The predicted molar refractivity (Wildman–Crippen MR) is 132 cm³/mol. The molecule has 7 nitrogen and oxygen atoms in total. The molecule has 4 rings (SSSR count). The van der Waals surface area contributed by atoms with Crippen LogP contribution in [0.3, 0.4) is 0 Å². The van der Waals surface area contributed by atoms with Gasteiger partial charge in [0.05, 0.1) is 43.2 Å². The van der Waals surface area contributed by atoms with Crippen molar-refractivity contribution in [2.75, 3.05) is 21.3 Å². The Morgan fingerprint density at radius 3 is 2.53 bits per heavy atom. The molecule has 0 fully saturated rings. The summed E-state index contributed by atoms with van der Waals surface area (Å²) in [6.07, 6.45) is 5.47. The molecule has 8 heteroatoms. The number of allylic oxidation sites excluding steroid dienone is 2. The average Bonchev–Trinajstić information content (AvgIpc) is 3.17. The van der Waals surface area contributed by atoms with Gasteiger partial charge in [-0.1, -0.05) is 53.8 Å². The van der Waals surface area contributed by atoms with Crippen LogP contribution in [-0.2, 0) is 9.53 Å². The van der Waals surface area contributed by atoms with Crippen molar-refractivity contribution >= 4 is 29.5 Å². The average molecular weight is 477 g/mol. The summed E-state index contributed by atoms with van der Waals surface area (Å²) in [6.45, 7) is 1.75. The number of benzene rings is 2. The lowest BCUT2D eigenvalue weighted by Gasteiger charge is -2.21. The molecule has 0 unspecified atom stereocenters.